The SMILES string of the molecule is CC/C(=C\CCCC1CCN(CCOC(c2ccc(F)cc2)c2ccc(F)cc2)CC1)C(=O)O. The molecule has 0 atom stereocenters. The van der Waals surface area contributed by atoms with Crippen LogP contribution in [0.5, 0.6) is 0 Å². The minimum atomic E-state index is -0.806. The molecule has 0 aromatic heterocycles. The van der Waals surface area contributed by atoms with Crippen molar-refractivity contribution in [2.75, 3.05) is 26.2 Å². The number of rotatable bonds is 12. The highest BCUT2D eigenvalue weighted by Crippen LogP contribution is 2.27. The second-order valence-electron chi connectivity index (χ2n) is 8.96. The molecular formula is C28H35F2NO3. The van der Waals surface area contributed by atoms with Crippen LogP contribution >= 0.6 is 0 Å². The molecule has 1 N–H and O–H groups in total. The molecule has 0 aliphatic carbocycles. The zero-order chi connectivity index (χ0) is 24.3. The van der Waals surface area contributed by atoms with Crippen LogP contribution in [0.2, 0.25) is 0 Å². The number of benzene rings is 2. The summed E-state index contributed by atoms with van der Waals surface area (Å²) in [5, 5.41) is 9.09. The molecular weight excluding hydrogens is 436 g/mol. The van der Waals surface area contributed by atoms with E-state index in [9.17, 15) is 13.6 Å². The first kappa shape index (κ1) is 26.0. The Bertz CT molecular complexity index is 874. The van der Waals surface area contributed by atoms with Gasteiger partial charge in [-0.1, -0.05) is 43.7 Å². The van der Waals surface area contributed by atoms with E-state index in [-0.39, 0.29) is 17.7 Å². The van der Waals surface area contributed by atoms with E-state index in [4.69, 9.17) is 9.84 Å². The van der Waals surface area contributed by atoms with E-state index >= 15 is 0 Å². The van der Waals surface area contributed by atoms with Gasteiger partial charge >= 0.3 is 5.97 Å². The van der Waals surface area contributed by atoms with E-state index in [2.05, 4.69) is 4.90 Å². The topological polar surface area (TPSA) is 49.8 Å². The molecule has 1 fully saturated rings. The van der Waals surface area contributed by atoms with Crippen molar-refractivity contribution in [2.45, 2.75) is 51.6 Å². The molecule has 0 spiro atoms. The number of nitrogens with zero attached hydrogens (tertiary/aromatic N) is 1. The lowest BCUT2D eigenvalue weighted by molar-refractivity contribution is -0.132. The van der Waals surface area contributed by atoms with Crippen molar-refractivity contribution < 1.29 is 23.4 Å². The van der Waals surface area contributed by atoms with Crippen molar-refractivity contribution in [3.8, 4) is 0 Å². The molecule has 0 saturated carbocycles. The number of allylic oxidation sites excluding steroid dienone is 1. The first-order valence-electron chi connectivity index (χ1n) is 12.2. The maximum Gasteiger partial charge on any atom is 0.331 e. The summed E-state index contributed by atoms with van der Waals surface area (Å²) in [6.45, 7) is 5.27. The summed E-state index contributed by atoms with van der Waals surface area (Å²) >= 11 is 0. The predicted octanol–water partition coefficient (Wildman–Crippen LogP) is 6.37. The Kier molecular flexibility index (Phi) is 10.2. The normalized spacial score (nSPS) is 15.7. The highest BCUT2D eigenvalue weighted by Gasteiger charge is 2.20. The fraction of sp³-hybridized carbons (Fsp3) is 0.464. The van der Waals surface area contributed by atoms with Crippen LogP contribution < -0.4 is 0 Å². The van der Waals surface area contributed by atoms with Gasteiger partial charge in [-0.3, -0.25) is 0 Å². The van der Waals surface area contributed by atoms with Gasteiger partial charge in [-0.05, 0) is 86.5 Å². The van der Waals surface area contributed by atoms with Crippen LogP contribution in [0.3, 0.4) is 0 Å². The summed E-state index contributed by atoms with van der Waals surface area (Å²) in [6, 6.07) is 12.5. The monoisotopic (exact) mass is 471 g/mol. The van der Waals surface area contributed by atoms with Crippen LogP contribution in [0.25, 0.3) is 0 Å². The maximum absolute atomic E-state index is 13.4. The molecule has 0 amide bonds. The smallest absolute Gasteiger partial charge is 0.331 e. The van der Waals surface area contributed by atoms with E-state index in [1.165, 1.54) is 24.3 Å². The summed E-state index contributed by atoms with van der Waals surface area (Å²) in [5.74, 6) is -0.716. The van der Waals surface area contributed by atoms with Gasteiger partial charge in [-0.15, -0.1) is 0 Å². The molecule has 1 saturated heterocycles. The van der Waals surface area contributed by atoms with Crippen molar-refractivity contribution in [1.29, 1.82) is 0 Å². The molecule has 0 radical (unpaired) electrons. The fourth-order valence-electron chi connectivity index (χ4n) is 4.52. The third-order valence-corrected chi connectivity index (χ3v) is 6.61. The Hall–Kier alpha value is -2.57. The largest absolute Gasteiger partial charge is 0.478 e. The predicted molar refractivity (Wildman–Crippen MR) is 130 cm³/mol. The first-order chi connectivity index (χ1) is 16.5. The molecule has 2 aromatic rings. The van der Waals surface area contributed by atoms with Crippen molar-refractivity contribution in [3.05, 3.63) is 82.9 Å². The summed E-state index contributed by atoms with van der Waals surface area (Å²) in [5.41, 5.74) is 2.19. The maximum atomic E-state index is 13.4. The summed E-state index contributed by atoms with van der Waals surface area (Å²) < 4.78 is 33.0. The molecule has 1 aliphatic rings. The molecule has 1 heterocycles. The zero-order valence-corrected chi connectivity index (χ0v) is 19.9. The third kappa shape index (κ3) is 8.03. The number of ether oxygens (including phenoxy) is 1. The summed E-state index contributed by atoms with van der Waals surface area (Å²) in [4.78, 5) is 13.5. The molecule has 6 heteroatoms. The van der Waals surface area contributed by atoms with Crippen LogP contribution in [0, 0.1) is 17.6 Å². The highest BCUT2D eigenvalue weighted by atomic mass is 19.1. The number of carboxylic acid groups (broad SMARTS) is 1. The van der Waals surface area contributed by atoms with Gasteiger partial charge in [0.05, 0.1) is 6.61 Å². The average Bonchev–Trinajstić information content (AvgIpc) is 2.84. The van der Waals surface area contributed by atoms with E-state index in [0.29, 0.717) is 24.5 Å². The highest BCUT2D eigenvalue weighted by molar-refractivity contribution is 5.86. The summed E-state index contributed by atoms with van der Waals surface area (Å²) in [6.07, 6.45) is 7.34. The van der Waals surface area contributed by atoms with Crippen LogP contribution in [-0.4, -0.2) is 42.2 Å². The lowest BCUT2D eigenvalue weighted by atomic mass is 9.91. The lowest BCUT2D eigenvalue weighted by Crippen LogP contribution is -2.36. The molecule has 184 valence electrons. The molecule has 0 bridgehead atoms. The summed E-state index contributed by atoms with van der Waals surface area (Å²) in [7, 11) is 0. The number of piperidine rings is 1. The van der Waals surface area contributed by atoms with Gasteiger partial charge in [0.2, 0.25) is 0 Å². The number of unbranched alkanes of at least 4 members (excludes halogenated alkanes) is 1. The standard InChI is InChI=1S/C28H35F2NO3/c1-2-22(28(32)33)6-4-3-5-21-15-17-31(18-16-21)19-20-34-27(23-7-11-25(29)12-8-23)24-9-13-26(30)14-10-24/h6-14,21,27H,2-5,15-20H2,1H3,(H,32,33)/b22-6+. The minimum absolute atomic E-state index is 0.298. The molecule has 34 heavy (non-hydrogen) atoms. The van der Waals surface area contributed by atoms with E-state index in [1.807, 2.05) is 13.0 Å². The first-order valence-corrected chi connectivity index (χ1v) is 12.2. The van der Waals surface area contributed by atoms with Crippen molar-refractivity contribution in [2.24, 2.45) is 5.92 Å². The Morgan fingerprint density at radius 2 is 1.62 bits per heavy atom. The Morgan fingerprint density at radius 3 is 2.12 bits per heavy atom. The number of hydrogen-bond acceptors (Lipinski definition) is 3. The Balaban J connectivity index is 1.43. The number of carboxylic acids is 1. The van der Waals surface area contributed by atoms with E-state index < -0.39 is 5.97 Å². The van der Waals surface area contributed by atoms with Crippen molar-refractivity contribution in [1.82, 2.24) is 4.90 Å². The van der Waals surface area contributed by atoms with Crippen LogP contribution in [0.1, 0.15) is 62.7 Å². The molecule has 0 unspecified atom stereocenters. The third-order valence-electron chi connectivity index (χ3n) is 6.61. The number of halogens is 2. The van der Waals surface area contributed by atoms with Gasteiger partial charge in [-0.2, -0.15) is 0 Å². The second kappa shape index (κ2) is 13.4. The molecule has 2 aromatic carbocycles. The van der Waals surface area contributed by atoms with Crippen LogP contribution in [0.4, 0.5) is 8.78 Å². The number of hydrogen-bond donors (Lipinski definition) is 1. The fourth-order valence-corrected chi connectivity index (χ4v) is 4.52. The lowest BCUT2D eigenvalue weighted by Gasteiger charge is -2.32. The van der Waals surface area contributed by atoms with Gasteiger partial charge in [0.15, 0.2) is 0 Å². The minimum Gasteiger partial charge on any atom is -0.478 e. The van der Waals surface area contributed by atoms with Crippen molar-refractivity contribution in [3.63, 3.8) is 0 Å². The molecule has 3 rings (SSSR count). The second-order valence-corrected chi connectivity index (χ2v) is 8.96. The van der Waals surface area contributed by atoms with Gasteiger partial charge in [-0.25, -0.2) is 13.6 Å². The van der Waals surface area contributed by atoms with Gasteiger partial charge in [0.1, 0.15) is 17.7 Å². The quantitative estimate of drug-likeness (QED) is 0.288. The zero-order valence-electron chi connectivity index (χ0n) is 19.9. The van der Waals surface area contributed by atoms with E-state index in [0.717, 1.165) is 62.9 Å². The van der Waals surface area contributed by atoms with Gasteiger partial charge in [0, 0.05) is 12.1 Å². The Labute approximate surface area is 201 Å². The van der Waals surface area contributed by atoms with Crippen LogP contribution in [-0.2, 0) is 9.53 Å². The van der Waals surface area contributed by atoms with E-state index in [1.54, 1.807) is 24.3 Å². The van der Waals surface area contributed by atoms with Gasteiger partial charge < -0.3 is 14.7 Å². The number of aliphatic carboxylic acids is 1. The number of carbonyl (C=O) groups is 1. The average molecular weight is 472 g/mol. The molecule has 1 aliphatic heterocycles. The Morgan fingerprint density at radius 1 is 1.06 bits per heavy atom. The molecule has 4 nitrogen and oxygen atoms in total. The van der Waals surface area contributed by atoms with Crippen molar-refractivity contribution >= 4 is 5.97 Å². The van der Waals surface area contributed by atoms with Crippen LogP contribution in [0.15, 0.2) is 60.2 Å². The number of likely N-dealkylation sites (tertiary alicyclic amines) is 1. The van der Waals surface area contributed by atoms with Gasteiger partial charge in [0.25, 0.3) is 0 Å².